The van der Waals surface area contributed by atoms with Crippen LogP contribution in [0.1, 0.15) is 30.0 Å². The Morgan fingerprint density at radius 1 is 1.50 bits per heavy atom. The maximum atomic E-state index is 11.9. The summed E-state index contributed by atoms with van der Waals surface area (Å²) >= 11 is 0. The zero-order chi connectivity index (χ0) is 14.7. The van der Waals surface area contributed by atoms with E-state index in [1.165, 1.54) is 6.92 Å². The molecule has 5 nitrogen and oxygen atoms in total. The molecule has 0 N–H and O–H groups in total. The molecule has 0 aliphatic carbocycles. The lowest BCUT2D eigenvalue weighted by Crippen LogP contribution is -2.13. The first-order valence-corrected chi connectivity index (χ1v) is 6.33. The zero-order valence-corrected chi connectivity index (χ0v) is 11.6. The van der Waals surface area contributed by atoms with E-state index in [-0.39, 0.29) is 5.76 Å². The van der Waals surface area contributed by atoms with Crippen LogP contribution in [0, 0.1) is 18.3 Å². The first-order chi connectivity index (χ1) is 9.56. The van der Waals surface area contributed by atoms with Crippen molar-refractivity contribution in [1.29, 1.82) is 5.26 Å². The second-order valence-corrected chi connectivity index (χ2v) is 4.32. The Hall–Kier alpha value is -2.48. The third-order valence-electron chi connectivity index (χ3n) is 2.87. The molecule has 0 fully saturated rings. The molecule has 0 bridgehead atoms. The van der Waals surface area contributed by atoms with Crippen LogP contribution in [-0.4, -0.2) is 18.7 Å². The molecule has 1 aromatic carbocycles. The first-order valence-electron chi connectivity index (χ1n) is 6.33. The van der Waals surface area contributed by atoms with Gasteiger partial charge in [-0.05, 0) is 39.0 Å². The van der Waals surface area contributed by atoms with Crippen LogP contribution in [0.4, 0.5) is 0 Å². The fraction of sp³-hybridized carbons (Fsp3) is 0.333. The van der Waals surface area contributed by atoms with Gasteiger partial charge in [-0.3, -0.25) is 0 Å². The number of esters is 1. The highest BCUT2D eigenvalue weighted by molar-refractivity contribution is 5.96. The fourth-order valence-electron chi connectivity index (χ4n) is 1.89. The average molecular weight is 273 g/mol. The Morgan fingerprint density at radius 2 is 2.25 bits per heavy atom. The van der Waals surface area contributed by atoms with Crippen molar-refractivity contribution in [3.63, 3.8) is 0 Å². The molecule has 2 aromatic rings. The molecule has 0 unspecified atom stereocenters. The molecule has 0 radical (unpaired) electrons. The van der Waals surface area contributed by atoms with E-state index in [9.17, 15) is 4.79 Å². The Kier molecular flexibility index (Phi) is 3.94. The molecule has 0 aliphatic rings. The van der Waals surface area contributed by atoms with Gasteiger partial charge in [-0.2, -0.15) is 5.26 Å². The number of nitrogens with zero attached hydrogens (tertiary/aromatic N) is 1. The molecule has 0 aliphatic heterocycles. The summed E-state index contributed by atoms with van der Waals surface area (Å²) in [7, 11) is 0. The largest absolute Gasteiger partial charge is 0.494 e. The number of hydrogen-bond acceptors (Lipinski definition) is 5. The lowest BCUT2D eigenvalue weighted by atomic mass is 10.1. The van der Waals surface area contributed by atoms with Crippen LogP contribution < -0.4 is 4.74 Å². The highest BCUT2D eigenvalue weighted by atomic mass is 16.6. The lowest BCUT2D eigenvalue weighted by Gasteiger charge is -2.03. The standard InChI is InChI=1S/C15H15NO4/c1-4-18-11-5-6-13-12(7-11)10(3)14(20-13)15(17)19-9(2)8-16/h5-7,9H,4H2,1-3H3/t9-/m1/s1. The molecular formula is C15H15NO4. The molecule has 2 rings (SSSR count). The summed E-state index contributed by atoms with van der Waals surface area (Å²) in [5.74, 6) is 0.204. The van der Waals surface area contributed by atoms with E-state index in [1.807, 2.05) is 19.1 Å². The van der Waals surface area contributed by atoms with Crippen LogP contribution >= 0.6 is 0 Å². The first kappa shape index (κ1) is 13.9. The van der Waals surface area contributed by atoms with Crippen molar-refractivity contribution in [2.24, 2.45) is 0 Å². The van der Waals surface area contributed by atoms with Gasteiger partial charge in [0.05, 0.1) is 6.61 Å². The number of furan rings is 1. The molecular weight excluding hydrogens is 258 g/mol. The van der Waals surface area contributed by atoms with Gasteiger partial charge < -0.3 is 13.9 Å². The van der Waals surface area contributed by atoms with Crippen LogP contribution in [0.25, 0.3) is 11.0 Å². The third kappa shape index (κ3) is 2.59. The smallest absolute Gasteiger partial charge is 0.375 e. The Balaban J connectivity index is 2.38. The number of carbonyl (C=O) groups excluding carboxylic acids is 1. The maximum absolute atomic E-state index is 11.9. The minimum atomic E-state index is -0.811. The number of ether oxygens (including phenoxy) is 2. The van der Waals surface area contributed by atoms with Crippen LogP contribution in [0.5, 0.6) is 5.75 Å². The maximum Gasteiger partial charge on any atom is 0.375 e. The molecule has 104 valence electrons. The monoisotopic (exact) mass is 273 g/mol. The van der Waals surface area contributed by atoms with Gasteiger partial charge in [0.25, 0.3) is 0 Å². The van der Waals surface area contributed by atoms with Crippen molar-refractivity contribution in [3.8, 4) is 11.8 Å². The summed E-state index contributed by atoms with van der Waals surface area (Å²) in [6.45, 7) is 5.74. The van der Waals surface area contributed by atoms with Crippen LogP contribution in [0.3, 0.4) is 0 Å². The van der Waals surface area contributed by atoms with Gasteiger partial charge in [0.15, 0.2) is 6.10 Å². The summed E-state index contributed by atoms with van der Waals surface area (Å²) in [4.78, 5) is 11.9. The number of fused-ring (bicyclic) bond motifs is 1. The normalized spacial score (nSPS) is 11.9. The highest BCUT2D eigenvalue weighted by Gasteiger charge is 2.21. The van der Waals surface area contributed by atoms with E-state index in [0.717, 1.165) is 5.39 Å². The van der Waals surface area contributed by atoms with Gasteiger partial charge in [-0.15, -0.1) is 0 Å². The predicted octanol–water partition coefficient (Wildman–Crippen LogP) is 3.21. The van der Waals surface area contributed by atoms with E-state index in [2.05, 4.69) is 0 Å². The summed E-state index contributed by atoms with van der Waals surface area (Å²) in [6, 6.07) is 7.19. The Labute approximate surface area is 116 Å². The van der Waals surface area contributed by atoms with Gasteiger partial charge in [0.2, 0.25) is 5.76 Å². The summed E-state index contributed by atoms with van der Waals surface area (Å²) < 4.78 is 15.9. The average Bonchev–Trinajstić information content (AvgIpc) is 2.76. The van der Waals surface area contributed by atoms with Crippen LogP contribution in [0.2, 0.25) is 0 Å². The minimum absolute atomic E-state index is 0.121. The summed E-state index contributed by atoms with van der Waals surface area (Å²) in [5.41, 5.74) is 1.26. The molecule has 1 aromatic heterocycles. The predicted molar refractivity (Wildman–Crippen MR) is 72.6 cm³/mol. The molecule has 0 saturated carbocycles. The van der Waals surface area contributed by atoms with E-state index in [0.29, 0.717) is 23.5 Å². The van der Waals surface area contributed by atoms with Gasteiger partial charge in [0, 0.05) is 10.9 Å². The van der Waals surface area contributed by atoms with Crippen molar-refractivity contribution in [1.82, 2.24) is 0 Å². The highest BCUT2D eigenvalue weighted by Crippen LogP contribution is 2.29. The Morgan fingerprint density at radius 3 is 2.90 bits per heavy atom. The quantitative estimate of drug-likeness (QED) is 0.800. The molecule has 20 heavy (non-hydrogen) atoms. The van der Waals surface area contributed by atoms with E-state index in [4.69, 9.17) is 19.2 Å². The number of benzene rings is 1. The minimum Gasteiger partial charge on any atom is -0.494 e. The summed E-state index contributed by atoms with van der Waals surface area (Å²) in [6.07, 6.45) is -0.811. The number of carbonyl (C=O) groups is 1. The van der Waals surface area contributed by atoms with E-state index >= 15 is 0 Å². The van der Waals surface area contributed by atoms with Crippen molar-refractivity contribution < 1.29 is 18.7 Å². The number of rotatable bonds is 4. The Bertz CT molecular complexity index is 681. The molecule has 5 heteroatoms. The van der Waals surface area contributed by atoms with Gasteiger partial charge >= 0.3 is 5.97 Å². The molecule has 1 atom stereocenters. The molecule has 0 amide bonds. The number of nitriles is 1. The summed E-state index contributed by atoms with van der Waals surface area (Å²) in [5, 5.41) is 9.46. The van der Waals surface area contributed by atoms with Gasteiger partial charge in [-0.25, -0.2) is 4.79 Å². The number of hydrogen-bond donors (Lipinski definition) is 0. The second kappa shape index (κ2) is 5.66. The SMILES string of the molecule is CCOc1ccc2oc(C(=O)O[C@H](C)C#N)c(C)c2c1. The topological polar surface area (TPSA) is 72.5 Å². The van der Waals surface area contributed by atoms with Crippen molar-refractivity contribution in [2.45, 2.75) is 26.9 Å². The van der Waals surface area contributed by atoms with Crippen molar-refractivity contribution in [2.75, 3.05) is 6.61 Å². The van der Waals surface area contributed by atoms with Gasteiger partial charge in [0.1, 0.15) is 17.4 Å². The second-order valence-electron chi connectivity index (χ2n) is 4.32. The van der Waals surface area contributed by atoms with Crippen molar-refractivity contribution in [3.05, 3.63) is 29.5 Å². The van der Waals surface area contributed by atoms with Gasteiger partial charge in [-0.1, -0.05) is 0 Å². The van der Waals surface area contributed by atoms with E-state index in [1.54, 1.807) is 19.1 Å². The third-order valence-corrected chi connectivity index (χ3v) is 2.87. The van der Waals surface area contributed by atoms with Crippen molar-refractivity contribution >= 4 is 16.9 Å². The molecule has 1 heterocycles. The molecule has 0 spiro atoms. The van der Waals surface area contributed by atoms with E-state index < -0.39 is 12.1 Å². The van der Waals surface area contributed by atoms with Crippen LogP contribution in [-0.2, 0) is 4.74 Å². The number of aryl methyl sites for hydroxylation is 1. The van der Waals surface area contributed by atoms with Crippen LogP contribution in [0.15, 0.2) is 22.6 Å². The zero-order valence-electron chi connectivity index (χ0n) is 11.6. The lowest BCUT2D eigenvalue weighted by molar-refractivity contribution is 0.0400. The molecule has 0 saturated heterocycles. The fourth-order valence-corrected chi connectivity index (χ4v) is 1.89.